The number of fused-ring (bicyclic) bond motifs is 1. The molecule has 3 heterocycles. The number of nitrogen functional groups attached to an aromatic ring is 1. The number of ether oxygens (including phenoxy) is 1. The van der Waals surface area contributed by atoms with Crippen LogP contribution >= 0.6 is 11.6 Å². The Hall–Kier alpha value is -3.89. The average molecular weight is 620 g/mol. The first-order valence-corrected chi connectivity index (χ1v) is 15.6. The minimum atomic E-state index is -0.837. The second kappa shape index (κ2) is 12.2. The first-order chi connectivity index (χ1) is 21.1. The van der Waals surface area contributed by atoms with E-state index in [1.54, 1.807) is 18.5 Å². The number of carbonyl (C=O) groups is 1. The van der Waals surface area contributed by atoms with Gasteiger partial charge in [-0.1, -0.05) is 24.6 Å². The van der Waals surface area contributed by atoms with Gasteiger partial charge in [0.1, 0.15) is 28.5 Å². The van der Waals surface area contributed by atoms with Crippen LogP contribution in [0.5, 0.6) is 5.75 Å². The van der Waals surface area contributed by atoms with Crippen LogP contribution in [0.3, 0.4) is 0 Å². The van der Waals surface area contributed by atoms with E-state index in [1.807, 2.05) is 50.3 Å². The Labute approximate surface area is 262 Å². The molecule has 1 aliphatic heterocycles. The minimum absolute atomic E-state index is 0.131. The van der Waals surface area contributed by atoms with Crippen LogP contribution in [0.1, 0.15) is 67.0 Å². The predicted molar refractivity (Wildman–Crippen MR) is 173 cm³/mol. The minimum Gasteiger partial charge on any atom is -0.490 e. The molecule has 1 unspecified atom stereocenters. The van der Waals surface area contributed by atoms with Gasteiger partial charge in [0.25, 0.3) is 5.91 Å². The van der Waals surface area contributed by atoms with Gasteiger partial charge in [-0.05, 0) is 63.8 Å². The third-order valence-corrected chi connectivity index (χ3v) is 8.75. The Morgan fingerprint density at radius 1 is 1.18 bits per heavy atom. The van der Waals surface area contributed by atoms with E-state index in [2.05, 4.69) is 20.1 Å². The molecule has 1 aliphatic carbocycles. The third-order valence-electron chi connectivity index (χ3n) is 8.47. The van der Waals surface area contributed by atoms with Gasteiger partial charge < -0.3 is 20.7 Å². The Kier molecular flexibility index (Phi) is 8.39. The molecule has 2 aromatic heterocycles. The van der Waals surface area contributed by atoms with Gasteiger partial charge in [-0.25, -0.2) is 14.4 Å². The molecule has 0 radical (unpaired) electrons. The zero-order chi connectivity index (χ0) is 31.1. The molecule has 1 saturated heterocycles. The topological polar surface area (TPSA) is 101 Å². The van der Waals surface area contributed by atoms with E-state index in [0.29, 0.717) is 34.1 Å². The lowest BCUT2D eigenvalue weighted by atomic mass is 9.95. The molecule has 2 aromatic carbocycles. The number of amides is 1. The molecule has 2 aliphatic rings. The van der Waals surface area contributed by atoms with Crippen molar-refractivity contribution in [1.29, 1.82) is 0 Å². The van der Waals surface area contributed by atoms with Crippen molar-refractivity contribution < 1.29 is 13.9 Å². The van der Waals surface area contributed by atoms with Crippen molar-refractivity contribution in [3.8, 4) is 5.75 Å². The summed E-state index contributed by atoms with van der Waals surface area (Å²) >= 11 is 6.45. The summed E-state index contributed by atoms with van der Waals surface area (Å²) in [5, 5.41) is 2.73. The Bertz CT molecular complexity index is 1700. The van der Waals surface area contributed by atoms with Gasteiger partial charge in [0.2, 0.25) is 0 Å². The van der Waals surface area contributed by atoms with Crippen LogP contribution in [-0.4, -0.2) is 64.0 Å². The second-order valence-electron chi connectivity index (χ2n) is 12.2. The van der Waals surface area contributed by atoms with Crippen LogP contribution in [0.15, 0.2) is 42.7 Å². The Morgan fingerprint density at radius 2 is 1.93 bits per heavy atom. The highest BCUT2D eigenvalue weighted by atomic mass is 35.5. The number of halogens is 2. The molecule has 4 aromatic rings. The molecule has 44 heavy (non-hydrogen) atoms. The van der Waals surface area contributed by atoms with Gasteiger partial charge >= 0.3 is 0 Å². The highest BCUT2D eigenvalue weighted by Crippen LogP contribution is 2.40. The molecule has 0 spiro atoms. The van der Waals surface area contributed by atoms with Gasteiger partial charge in [0.15, 0.2) is 5.82 Å². The molecule has 232 valence electrons. The fraction of sp³-hybridized carbons (Fsp3) is 0.424. The van der Waals surface area contributed by atoms with Crippen LogP contribution in [-0.2, 0) is 0 Å². The van der Waals surface area contributed by atoms with Gasteiger partial charge in [0, 0.05) is 68.0 Å². The summed E-state index contributed by atoms with van der Waals surface area (Å²) in [6, 6.07) is 9.19. The van der Waals surface area contributed by atoms with E-state index in [0.717, 1.165) is 37.8 Å². The van der Waals surface area contributed by atoms with Crippen LogP contribution < -0.4 is 20.7 Å². The number of aromatic nitrogens is 3. The number of aryl methyl sites for hydroxylation is 1. The number of hydrogen-bond acceptors (Lipinski definition) is 7. The first kappa shape index (κ1) is 30.1. The zero-order valence-electron chi connectivity index (χ0n) is 25.6. The maximum absolute atomic E-state index is 15.8. The molecule has 1 amide bonds. The van der Waals surface area contributed by atoms with Crippen molar-refractivity contribution in [3.63, 3.8) is 0 Å². The standard InChI is InChI=1S/C33H39ClFN7O2/c1-19(2)44-30-25(20(3)32-38-21(4)29-31(36)37-10-11-42(29)32)17-26(34)28(35)27(30)33(43)39-23-6-5-7-24(16-23)41-14-12-40(13-15-41)18-22-8-9-22/h5-7,10-11,16-17,19-20,22H,8-9,12-15,18H2,1-4H3,(H2,36,37)(H,39,43). The van der Waals surface area contributed by atoms with Crippen molar-refractivity contribution in [3.05, 3.63) is 76.2 Å². The van der Waals surface area contributed by atoms with Crippen molar-refractivity contribution in [1.82, 2.24) is 19.3 Å². The highest BCUT2D eigenvalue weighted by Gasteiger charge is 2.31. The lowest BCUT2D eigenvalue weighted by Crippen LogP contribution is -2.47. The van der Waals surface area contributed by atoms with E-state index in [-0.39, 0.29) is 22.4 Å². The fourth-order valence-corrected chi connectivity index (χ4v) is 6.27. The number of anilines is 3. The normalized spacial score (nSPS) is 16.5. The van der Waals surface area contributed by atoms with Crippen molar-refractivity contribution in [2.75, 3.05) is 48.7 Å². The smallest absolute Gasteiger partial charge is 0.262 e. The molecular weight excluding hydrogens is 581 g/mol. The lowest BCUT2D eigenvalue weighted by Gasteiger charge is -2.36. The number of piperazine rings is 1. The lowest BCUT2D eigenvalue weighted by molar-refractivity contribution is 0.101. The third kappa shape index (κ3) is 6.05. The second-order valence-corrected chi connectivity index (χ2v) is 12.6. The van der Waals surface area contributed by atoms with Crippen molar-refractivity contribution in [2.45, 2.75) is 52.6 Å². The van der Waals surface area contributed by atoms with Gasteiger partial charge in [0.05, 0.1) is 16.8 Å². The molecule has 9 nitrogen and oxygen atoms in total. The summed E-state index contributed by atoms with van der Waals surface area (Å²) in [5.74, 6) is 0.0895. The maximum Gasteiger partial charge on any atom is 0.262 e. The molecule has 11 heteroatoms. The summed E-state index contributed by atoms with van der Waals surface area (Å²) < 4.78 is 23.8. The number of nitrogens with two attached hydrogens (primary N) is 1. The van der Waals surface area contributed by atoms with Crippen LogP contribution in [0, 0.1) is 18.7 Å². The SMILES string of the molecule is Cc1nc(C(C)c2cc(Cl)c(F)c(C(=O)Nc3cccc(N4CCN(CC5CC5)CC4)c3)c2OC(C)C)n2ccnc(N)c12. The van der Waals surface area contributed by atoms with Gasteiger partial charge in [-0.15, -0.1) is 0 Å². The summed E-state index contributed by atoms with van der Waals surface area (Å²) in [5.41, 5.74) is 9.42. The quantitative estimate of drug-likeness (QED) is 0.232. The van der Waals surface area contributed by atoms with Crippen molar-refractivity contribution in [2.24, 2.45) is 5.92 Å². The number of imidazole rings is 1. The molecule has 6 rings (SSSR count). The Morgan fingerprint density at radius 3 is 2.64 bits per heavy atom. The largest absolute Gasteiger partial charge is 0.490 e. The van der Waals surface area contributed by atoms with E-state index in [4.69, 9.17) is 27.1 Å². The van der Waals surface area contributed by atoms with E-state index in [9.17, 15) is 4.79 Å². The van der Waals surface area contributed by atoms with E-state index < -0.39 is 17.6 Å². The predicted octanol–water partition coefficient (Wildman–Crippen LogP) is 6.14. The summed E-state index contributed by atoms with van der Waals surface area (Å²) in [4.78, 5) is 27.7. The maximum atomic E-state index is 15.8. The molecule has 1 saturated carbocycles. The summed E-state index contributed by atoms with van der Waals surface area (Å²) in [6.45, 7) is 12.5. The first-order valence-electron chi connectivity index (χ1n) is 15.3. The number of nitrogens with zero attached hydrogens (tertiary/aromatic N) is 5. The van der Waals surface area contributed by atoms with Crippen LogP contribution in [0.2, 0.25) is 5.02 Å². The Balaban J connectivity index is 1.30. The molecule has 2 fully saturated rings. The molecular formula is C33H39ClFN7O2. The van der Waals surface area contributed by atoms with Gasteiger partial charge in [-0.2, -0.15) is 0 Å². The van der Waals surface area contributed by atoms with E-state index in [1.165, 1.54) is 25.5 Å². The van der Waals surface area contributed by atoms with Crippen LogP contribution in [0.25, 0.3) is 5.52 Å². The molecule has 3 N–H and O–H groups in total. The number of benzene rings is 2. The summed E-state index contributed by atoms with van der Waals surface area (Å²) in [6.07, 6.45) is 5.75. The highest BCUT2D eigenvalue weighted by molar-refractivity contribution is 6.31. The van der Waals surface area contributed by atoms with Gasteiger partial charge in [-0.3, -0.25) is 14.1 Å². The molecule has 0 bridgehead atoms. The van der Waals surface area contributed by atoms with E-state index >= 15 is 4.39 Å². The molecule has 1 atom stereocenters. The van der Waals surface area contributed by atoms with Crippen molar-refractivity contribution >= 4 is 40.2 Å². The number of hydrogen-bond donors (Lipinski definition) is 2. The summed E-state index contributed by atoms with van der Waals surface area (Å²) in [7, 11) is 0. The number of carbonyl (C=O) groups excluding carboxylic acids is 1. The monoisotopic (exact) mass is 619 g/mol. The fourth-order valence-electron chi connectivity index (χ4n) is 6.06. The van der Waals surface area contributed by atoms with Crippen LogP contribution in [0.4, 0.5) is 21.6 Å². The average Bonchev–Trinajstić information content (AvgIpc) is 3.74. The zero-order valence-corrected chi connectivity index (χ0v) is 26.4. The number of nitrogens with one attached hydrogen (secondary N) is 1. The number of rotatable bonds is 9.